The fraction of sp³-hybridized carbons (Fsp3) is 0.857. The number of carbonyl (C=O) groups is 1. The minimum atomic E-state index is -3.17. The highest BCUT2D eigenvalue weighted by Crippen LogP contribution is 1.96. The number of nitrogens with two attached hydrogens (primary N) is 1. The van der Waals surface area contributed by atoms with Crippen molar-refractivity contribution in [2.24, 2.45) is 5.73 Å². The number of nitrogens with one attached hydrogen (secondary N) is 1. The highest BCUT2D eigenvalue weighted by atomic mass is 32.2. The van der Waals surface area contributed by atoms with Crippen molar-refractivity contribution >= 4 is 15.7 Å². The van der Waals surface area contributed by atoms with Gasteiger partial charge < -0.3 is 11.1 Å². The zero-order valence-corrected chi connectivity index (χ0v) is 8.73. The minimum Gasteiger partial charge on any atom is -0.359 e. The summed E-state index contributed by atoms with van der Waals surface area (Å²) in [5.74, 6) is -0.466. The van der Waals surface area contributed by atoms with E-state index in [-0.39, 0.29) is 29.9 Å². The van der Waals surface area contributed by atoms with E-state index in [1.54, 1.807) is 6.92 Å². The molecule has 6 heteroatoms. The van der Waals surface area contributed by atoms with Gasteiger partial charge in [0, 0.05) is 19.5 Å². The van der Waals surface area contributed by atoms with Gasteiger partial charge in [-0.2, -0.15) is 0 Å². The van der Waals surface area contributed by atoms with Crippen molar-refractivity contribution in [3.63, 3.8) is 0 Å². The normalized spacial score (nSPS) is 13.8. The van der Waals surface area contributed by atoms with Crippen LogP contribution in [0.25, 0.3) is 0 Å². The van der Waals surface area contributed by atoms with Gasteiger partial charge >= 0.3 is 0 Å². The smallest absolute Gasteiger partial charge is 0.220 e. The Balaban J connectivity index is 3.97. The molecule has 0 fully saturated rings. The molecule has 0 aromatic heterocycles. The standard InChI is InChI=1S/C7H16N2O3S/c1-6(8)5-13(11,12)4-3-7(10)9-2/h6H,3-5,8H2,1-2H3,(H,9,10). The van der Waals surface area contributed by atoms with Crippen molar-refractivity contribution in [3.8, 4) is 0 Å². The van der Waals surface area contributed by atoms with Gasteiger partial charge in [0.25, 0.3) is 0 Å². The highest BCUT2D eigenvalue weighted by molar-refractivity contribution is 7.91. The zero-order valence-electron chi connectivity index (χ0n) is 7.91. The van der Waals surface area contributed by atoms with Crippen LogP contribution in [-0.2, 0) is 14.6 Å². The zero-order chi connectivity index (χ0) is 10.5. The lowest BCUT2D eigenvalue weighted by molar-refractivity contribution is -0.120. The lowest BCUT2D eigenvalue weighted by Gasteiger charge is -2.05. The molecule has 0 spiro atoms. The van der Waals surface area contributed by atoms with Crippen LogP contribution < -0.4 is 11.1 Å². The van der Waals surface area contributed by atoms with Gasteiger partial charge in [-0.1, -0.05) is 0 Å². The molecular weight excluding hydrogens is 192 g/mol. The summed E-state index contributed by atoms with van der Waals surface area (Å²) >= 11 is 0. The van der Waals surface area contributed by atoms with Gasteiger partial charge in [-0.15, -0.1) is 0 Å². The molecule has 5 nitrogen and oxygen atoms in total. The second-order valence-electron chi connectivity index (χ2n) is 3.01. The maximum absolute atomic E-state index is 11.2. The third-order valence-corrected chi connectivity index (χ3v) is 3.30. The van der Waals surface area contributed by atoms with Gasteiger partial charge in [0.1, 0.15) is 0 Å². The summed E-state index contributed by atoms with van der Waals surface area (Å²) in [7, 11) is -1.70. The second-order valence-corrected chi connectivity index (χ2v) is 5.24. The number of hydrogen-bond acceptors (Lipinski definition) is 4. The molecule has 0 bridgehead atoms. The third-order valence-electron chi connectivity index (χ3n) is 1.44. The van der Waals surface area contributed by atoms with Crippen LogP contribution in [0.2, 0.25) is 0 Å². The molecule has 0 aliphatic rings. The molecule has 78 valence electrons. The summed E-state index contributed by atoms with van der Waals surface area (Å²) in [5, 5.41) is 2.36. The first kappa shape index (κ1) is 12.4. The summed E-state index contributed by atoms with van der Waals surface area (Å²) in [6.45, 7) is 1.62. The second kappa shape index (κ2) is 5.18. The van der Waals surface area contributed by atoms with Crippen LogP contribution in [0.1, 0.15) is 13.3 Å². The molecule has 0 rings (SSSR count). The van der Waals surface area contributed by atoms with Gasteiger partial charge in [-0.05, 0) is 6.92 Å². The first-order valence-electron chi connectivity index (χ1n) is 4.04. The summed E-state index contributed by atoms with van der Waals surface area (Å²) in [6.07, 6.45) is 0.00551. The predicted octanol–water partition coefficient (Wildman–Crippen LogP) is -1.12. The van der Waals surface area contributed by atoms with Crippen LogP contribution in [-0.4, -0.2) is 38.9 Å². The van der Waals surface area contributed by atoms with Crippen molar-refractivity contribution < 1.29 is 13.2 Å². The number of hydrogen-bond donors (Lipinski definition) is 2. The fourth-order valence-electron chi connectivity index (χ4n) is 0.857. The summed E-state index contributed by atoms with van der Waals surface area (Å²) in [4.78, 5) is 10.7. The monoisotopic (exact) mass is 208 g/mol. The van der Waals surface area contributed by atoms with Crippen LogP contribution in [0.15, 0.2) is 0 Å². The van der Waals surface area contributed by atoms with E-state index in [2.05, 4.69) is 5.32 Å². The van der Waals surface area contributed by atoms with Crippen molar-refractivity contribution in [1.82, 2.24) is 5.32 Å². The van der Waals surface area contributed by atoms with Crippen LogP contribution >= 0.6 is 0 Å². The molecule has 1 atom stereocenters. The first-order chi connectivity index (χ1) is 5.87. The molecule has 0 radical (unpaired) electrons. The predicted molar refractivity (Wildman–Crippen MR) is 51.0 cm³/mol. The fourth-order valence-corrected chi connectivity index (χ4v) is 2.32. The van der Waals surface area contributed by atoms with Crippen LogP contribution in [0.3, 0.4) is 0 Å². The van der Waals surface area contributed by atoms with E-state index in [9.17, 15) is 13.2 Å². The Morgan fingerprint density at radius 1 is 1.54 bits per heavy atom. The van der Waals surface area contributed by atoms with Gasteiger partial charge in [-0.3, -0.25) is 4.79 Å². The van der Waals surface area contributed by atoms with Gasteiger partial charge in [0.15, 0.2) is 9.84 Å². The Morgan fingerprint density at radius 3 is 2.46 bits per heavy atom. The number of rotatable bonds is 5. The molecule has 0 aliphatic heterocycles. The Hall–Kier alpha value is -0.620. The lowest BCUT2D eigenvalue weighted by atomic mass is 10.4. The largest absolute Gasteiger partial charge is 0.359 e. The average molecular weight is 208 g/mol. The van der Waals surface area contributed by atoms with Crippen molar-refractivity contribution in [3.05, 3.63) is 0 Å². The van der Waals surface area contributed by atoms with E-state index in [0.717, 1.165) is 0 Å². The quantitative estimate of drug-likeness (QED) is 0.599. The Labute approximate surface area is 78.6 Å². The van der Waals surface area contributed by atoms with Gasteiger partial charge in [0.2, 0.25) is 5.91 Å². The van der Waals surface area contributed by atoms with E-state index in [1.807, 2.05) is 0 Å². The van der Waals surface area contributed by atoms with Crippen LogP contribution in [0, 0.1) is 0 Å². The number of amides is 1. The average Bonchev–Trinajstić information content (AvgIpc) is 1.98. The first-order valence-corrected chi connectivity index (χ1v) is 5.86. The van der Waals surface area contributed by atoms with Crippen molar-refractivity contribution in [2.75, 3.05) is 18.6 Å². The maximum Gasteiger partial charge on any atom is 0.220 e. The molecule has 3 N–H and O–H groups in total. The Morgan fingerprint density at radius 2 is 2.08 bits per heavy atom. The molecular formula is C7H16N2O3S. The highest BCUT2D eigenvalue weighted by Gasteiger charge is 2.14. The van der Waals surface area contributed by atoms with Crippen molar-refractivity contribution in [2.45, 2.75) is 19.4 Å². The van der Waals surface area contributed by atoms with Crippen molar-refractivity contribution in [1.29, 1.82) is 0 Å². The molecule has 0 aromatic carbocycles. The van der Waals surface area contributed by atoms with E-state index < -0.39 is 9.84 Å². The lowest BCUT2D eigenvalue weighted by Crippen LogP contribution is -2.29. The Kier molecular flexibility index (Phi) is 4.94. The van der Waals surface area contributed by atoms with Crippen LogP contribution in [0.5, 0.6) is 0 Å². The summed E-state index contributed by atoms with van der Waals surface area (Å²) < 4.78 is 22.4. The Bertz CT molecular complexity index is 259. The molecule has 1 unspecified atom stereocenters. The third kappa shape index (κ3) is 6.53. The molecule has 13 heavy (non-hydrogen) atoms. The van der Waals surface area contributed by atoms with E-state index in [0.29, 0.717) is 0 Å². The number of carbonyl (C=O) groups excluding carboxylic acids is 1. The number of sulfone groups is 1. The van der Waals surface area contributed by atoms with E-state index in [1.165, 1.54) is 7.05 Å². The SMILES string of the molecule is CNC(=O)CCS(=O)(=O)CC(C)N. The maximum atomic E-state index is 11.2. The topological polar surface area (TPSA) is 89.3 Å². The summed E-state index contributed by atoms with van der Waals surface area (Å²) in [5.41, 5.74) is 5.34. The van der Waals surface area contributed by atoms with Crippen LogP contribution in [0.4, 0.5) is 0 Å². The molecule has 0 saturated heterocycles. The van der Waals surface area contributed by atoms with E-state index >= 15 is 0 Å². The minimum absolute atomic E-state index is 0.00551. The molecule has 0 heterocycles. The molecule has 1 amide bonds. The molecule has 0 aliphatic carbocycles. The van der Waals surface area contributed by atoms with Gasteiger partial charge in [0.05, 0.1) is 11.5 Å². The van der Waals surface area contributed by atoms with Gasteiger partial charge in [-0.25, -0.2) is 8.42 Å². The summed E-state index contributed by atoms with van der Waals surface area (Å²) in [6, 6.07) is -0.380. The molecule has 0 aromatic rings. The molecule has 0 saturated carbocycles. The van der Waals surface area contributed by atoms with E-state index in [4.69, 9.17) is 5.73 Å².